The number of ether oxygens (including phenoxy) is 2. The third-order valence-corrected chi connectivity index (χ3v) is 4.72. The molecule has 0 rings (SSSR count). The SMILES string of the molecule is COCCN(CCC(N)=S)S(=O)(=O)CCCC(=O)OC. The lowest BCUT2D eigenvalue weighted by molar-refractivity contribution is -0.140. The maximum absolute atomic E-state index is 12.2. The van der Waals surface area contributed by atoms with Gasteiger partial charge in [0.1, 0.15) is 0 Å². The van der Waals surface area contributed by atoms with Crippen LogP contribution in [0.4, 0.5) is 0 Å². The van der Waals surface area contributed by atoms with E-state index in [9.17, 15) is 13.2 Å². The van der Waals surface area contributed by atoms with E-state index in [2.05, 4.69) is 4.74 Å². The number of nitrogens with zero attached hydrogens (tertiary/aromatic N) is 1. The molecule has 0 fully saturated rings. The lowest BCUT2D eigenvalue weighted by Crippen LogP contribution is -2.37. The zero-order chi connectivity index (χ0) is 15.6. The highest BCUT2D eigenvalue weighted by molar-refractivity contribution is 7.89. The number of methoxy groups -OCH3 is 2. The van der Waals surface area contributed by atoms with Gasteiger partial charge in [0, 0.05) is 33.0 Å². The third kappa shape index (κ3) is 8.41. The van der Waals surface area contributed by atoms with E-state index in [-0.39, 0.29) is 43.3 Å². The van der Waals surface area contributed by atoms with Crippen LogP contribution in [0, 0.1) is 0 Å². The van der Waals surface area contributed by atoms with Crippen LogP contribution in [0.3, 0.4) is 0 Å². The van der Waals surface area contributed by atoms with Crippen molar-refractivity contribution in [3.05, 3.63) is 0 Å². The fourth-order valence-electron chi connectivity index (χ4n) is 1.45. The van der Waals surface area contributed by atoms with Gasteiger partial charge < -0.3 is 15.2 Å². The first-order valence-corrected chi connectivity index (χ1v) is 8.17. The van der Waals surface area contributed by atoms with Gasteiger partial charge in [0.2, 0.25) is 10.0 Å². The number of thiocarbonyl (C=S) groups is 1. The Balaban J connectivity index is 4.50. The van der Waals surface area contributed by atoms with Crippen LogP contribution in [0.2, 0.25) is 0 Å². The molecule has 0 aromatic carbocycles. The number of carbonyl (C=O) groups is 1. The van der Waals surface area contributed by atoms with Gasteiger partial charge in [0.15, 0.2) is 0 Å². The van der Waals surface area contributed by atoms with Gasteiger partial charge in [-0.25, -0.2) is 8.42 Å². The highest BCUT2D eigenvalue weighted by Gasteiger charge is 2.21. The maximum Gasteiger partial charge on any atom is 0.305 e. The lowest BCUT2D eigenvalue weighted by atomic mass is 10.3. The summed E-state index contributed by atoms with van der Waals surface area (Å²) < 4.78 is 34.9. The Morgan fingerprint density at radius 2 is 1.90 bits per heavy atom. The van der Waals surface area contributed by atoms with E-state index in [4.69, 9.17) is 22.7 Å². The minimum absolute atomic E-state index is 0.0726. The molecule has 0 aliphatic carbocycles. The molecule has 20 heavy (non-hydrogen) atoms. The Morgan fingerprint density at radius 1 is 1.25 bits per heavy atom. The first kappa shape index (κ1) is 19.2. The minimum atomic E-state index is -3.46. The van der Waals surface area contributed by atoms with Crippen molar-refractivity contribution >= 4 is 33.2 Å². The summed E-state index contributed by atoms with van der Waals surface area (Å²) >= 11 is 4.75. The summed E-state index contributed by atoms with van der Waals surface area (Å²) in [5.41, 5.74) is 5.39. The summed E-state index contributed by atoms with van der Waals surface area (Å²) in [7, 11) is -0.700. The summed E-state index contributed by atoms with van der Waals surface area (Å²) in [6.07, 6.45) is 0.601. The predicted octanol–water partition coefficient (Wildman–Crippen LogP) is -0.106. The second kappa shape index (κ2) is 10.0. The quantitative estimate of drug-likeness (QED) is 0.418. The summed E-state index contributed by atoms with van der Waals surface area (Å²) in [4.78, 5) is 11.2. The molecule has 0 radical (unpaired) electrons. The van der Waals surface area contributed by atoms with Gasteiger partial charge in [-0.2, -0.15) is 4.31 Å². The summed E-state index contributed by atoms with van der Waals surface area (Å²) in [6.45, 7) is 0.743. The lowest BCUT2D eigenvalue weighted by Gasteiger charge is -2.21. The summed E-state index contributed by atoms with van der Waals surface area (Å²) in [5.74, 6) is -0.546. The number of hydrogen-bond acceptors (Lipinski definition) is 6. The van der Waals surface area contributed by atoms with Crippen molar-refractivity contribution in [2.24, 2.45) is 5.73 Å². The first-order valence-electron chi connectivity index (χ1n) is 6.15. The van der Waals surface area contributed by atoms with E-state index in [0.29, 0.717) is 6.42 Å². The number of hydrogen-bond donors (Lipinski definition) is 1. The molecule has 2 N–H and O–H groups in total. The largest absolute Gasteiger partial charge is 0.469 e. The average Bonchev–Trinajstić information content (AvgIpc) is 2.37. The molecule has 0 saturated heterocycles. The Morgan fingerprint density at radius 3 is 2.40 bits per heavy atom. The van der Waals surface area contributed by atoms with Crippen molar-refractivity contribution in [1.29, 1.82) is 0 Å². The molecule has 0 aromatic rings. The van der Waals surface area contributed by atoms with E-state index in [1.807, 2.05) is 0 Å². The number of esters is 1. The van der Waals surface area contributed by atoms with Crippen LogP contribution in [0.5, 0.6) is 0 Å². The molecule has 0 aromatic heterocycles. The molecule has 118 valence electrons. The van der Waals surface area contributed by atoms with E-state index < -0.39 is 16.0 Å². The van der Waals surface area contributed by atoms with Gasteiger partial charge in [0.25, 0.3) is 0 Å². The fourth-order valence-corrected chi connectivity index (χ4v) is 3.03. The Kier molecular flexibility index (Phi) is 9.64. The average molecular weight is 326 g/mol. The zero-order valence-electron chi connectivity index (χ0n) is 11.8. The van der Waals surface area contributed by atoms with Crippen molar-refractivity contribution in [2.45, 2.75) is 19.3 Å². The van der Waals surface area contributed by atoms with Crippen LogP contribution in [0.15, 0.2) is 0 Å². The molecule has 0 atom stereocenters. The van der Waals surface area contributed by atoms with Gasteiger partial charge in [-0.1, -0.05) is 12.2 Å². The Hall–Kier alpha value is -0.770. The van der Waals surface area contributed by atoms with Crippen LogP contribution in [0.1, 0.15) is 19.3 Å². The molecule has 0 saturated carbocycles. The molecule has 0 bridgehead atoms. The molecular weight excluding hydrogens is 304 g/mol. The van der Waals surface area contributed by atoms with Gasteiger partial charge >= 0.3 is 5.97 Å². The first-order chi connectivity index (χ1) is 9.33. The van der Waals surface area contributed by atoms with Gasteiger partial charge in [-0.15, -0.1) is 0 Å². The van der Waals surface area contributed by atoms with Crippen molar-refractivity contribution in [1.82, 2.24) is 4.31 Å². The molecule has 7 nitrogen and oxygen atoms in total. The number of rotatable bonds is 11. The zero-order valence-corrected chi connectivity index (χ0v) is 13.5. The van der Waals surface area contributed by atoms with Crippen LogP contribution >= 0.6 is 12.2 Å². The highest BCUT2D eigenvalue weighted by Crippen LogP contribution is 2.07. The molecule has 0 heterocycles. The molecular formula is C11H22N2O5S2. The van der Waals surface area contributed by atoms with Crippen molar-refractivity contribution < 1.29 is 22.7 Å². The number of nitrogens with two attached hydrogens (primary N) is 1. The monoisotopic (exact) mass is 326 g/mol. The van der Waals surface area contributed by atoms with E-state index >= 15 is 0 Å². The second-order valence-electron chi connectivity index (χ2n) is 4.10. The Bertz CT molecular complexity index is 411. The predicted molar refractivity (Wildman–Crippen MR) is 79.9 cm³/mol. The molecule has 0 aliphatic rings. The minimum Gasteiger partial charge on any atom is -0.469 e. The molecule has 9 heteroatoms. The second-order valence-corrected chi connectivity index (χ2v) is 6.72. The van der Waals surface area contributed by atoms with E-state index in [0.717, 1.165) is 0 Å². The smallest absolute Gasteiger partial charge is 0.305 e. The molecule has 0 unspecified atom stereocenters. The molecule has 0 spiro atoms. The summed E-state index contributed by atoms with van der Waals surface area (Å²) in [5, 5.41) is 0. The number of sulfonamides is 1. The van der Waals surface area contributed by atoms with Crippen molar-refractivity contribution in [3.63, 3.8) is 0 Å². The van der Waals surface area contributed by atoms with Crippen molar-refractivity contribution in [2.75, 3.05) is 39.7 Å². The van der Waals surface area contributed by atoms with Gasteiger partial charge in [-0.05, 0) is 6.42 Å². The molecule has 0 amide bonds. The van der Waals surface area contributed by atoms with Crippen LogP contribution < -0.4 is 5.73 Å². The van der Waals surface area contributed by atoms with Crippen LogP contribution in [-0.4, -0.2) is 63.3 Å². The topological polar surface area (TPSA) is 98.9 Å². The normalized spacial score (nSPS) is 11.6. The van der Waals surface area contributed by atoms with Gasteiger partial charge in [-0.3, -0.25) is 4.79 Å². The maximum atomic E-state index is 12.2. The van der Waals surface area contributed by atoms with Crippen LogP contribution in [-0.2, 0) is 24.3 Å². The Labute approximate surface area is 125 Å². The van der Waals surface area contributed by atoms with E-state index in [1.54, 1.807) is 0 Å². The number of carbonyl (C=O) groups excluding carboxylic acids is 1. The van der Waals surface area contributed by atoms with Gasteiger partial charge in [0.05, 0.1) is 24.5 Å². The highest BCUT2D eigenvalue weighted by atomic mass is 32.2. The van der Waals surface area contributed by atoms with Crippen molar-refractivity contribution in [3.8, 4) is 0 Å². The summed E-state index contributed by atoms with van der Waals surface area (Å²) in [6, 6.07) is 0. The standard InChI is InChI=1S/C11H22N2O5S2/c1-17-8-7-13(6-5-10(12)19)20(15,16)9-3-4-11(14)18-2/h3-9H2,1-2H3,(H2,12,19). The molecule has 0 aliphatic heterocycles. The third-order valence-electron chi connectivity index (χ3n) is 2.56. The fraction of sp³-hybridized carbons (Fsp3) is 0.818. The van der Waals surface area contributed by atoms with Crippen LogP contribution in [0.25, 0.3) is 0 Å². The van der Waals surface area contributed by atoms with E-state index in [1.165, 1.54) is 18.5 Å².